The first-order valence-electron chi connectivity index (χ1n) is 6.60. The molecule has 0 saturated carbocycles. The molecule has 19 heavy (non-hydrogen) atoms. The van der Waals surface area contributed by atoms with E-state index in [1.807, 2.05) is 0 Å². The summed E-state index contributed by atoms with van der Waals surface area (Å²) in [6.45, 7) is 4.21. The molecule has 1 N–H and O–H groups in total. The first kappa shape index (κ1) is 13.3. The van der Waals surface area contributed by atoms with Crippen molar-refractivity contribution < 1.29 is 8.42 Å². The molecule has 0 aromatic carbocycles. The molecule has 2 fully saturated rings. The van der Waals surface area contributed by atoms with Crippen molar-refractivity contribution in [1.29, 1.82) is 0 Å². The number of aromatic nitrogens is 1. The minimum Gasteiger partial charge on any atom is -0.347 e. The van der Waals surface area contributed by atoms with Gasteiger partial charge in [0.25, 0.3) is 0 Å². The Hall–Kier alpha value is -0.660. The summed E-state index contributed by atoms with van der Waals surface area (Å²) in [6, 6.07) is 0. The Morgan fingerprint density at radius 2 is 2.11 bits per heavy atom. The molecule has 0 atom stereocenters. The van der Waals surface area contributed by atoms with Crippen LogP contribution in [0.15, 0.2) is 10.4 Å². The zero-order valence-corrected chi connectivity index (χ0v) is 12.7. The van der Waals surface area contributed by atoms with Gasteiger partial charge >= 0.3 is 0 Å². The van der Waals surface area contributed by atoms with E-state index in [9.17, 15) is 8.42 Å². The van der Waals surface area contributed by atoms with Gasteiger partial charge in [0.15, 0.2) is 15.0 Å². The van der Waals surface area contributed by atoms with Crippen LogP contribution in [0.5, 0.6) is 0 Å². The molecule has 106 valence electrons. The maximum Gasteiger partial charge on any atom is 0.186 e. The van der Waals surface area contributed by atoms with E-state index in [1.165, 1.54) is 43.1 Å². The molecule has 0 amide bonds. The number of piperidine rings is 1. The molecular weight excluding hydrogens is 282 g/mol. The second-order valence-corrected chi connectivity index (χ2v) is 8.91. The molecule has 3 heterocycles. The van der Waals surface area contributed by atoms with Gasteiger partial charge in [-0.2, -0.15) is 0 Å². The summed E-state index contributed by atoms with van der Waals surface area (Å²) in [5.74, 6) is 0. The lowest BCUT2D eigenvalue weighted by Crippen LogP contribution is -2.38. The van der Waals surface area contributed by atoms with E-state index in [0.29, 0.717) is 9.62 Å². The first-order chi connectivity index (χ1) is 8.99. The standard InChI is InChI=1S/C12H19N3O2S2/c1-19(16,17)10-8-14-11(18-10)15-7-4-12(9-15)2-5-13-6-3-12/h8,13H,2-7,9H2,1H3. The fraction of sp³-hybridized carbons (Fsp3) is 0.750. The molecule has 0 aliphatic carbocycles. The molecule has 1 spiro atoms. The number of nitrogens with one attached hydrogen (secondary N) is 1. The molecule has 7 heteroatoms. The molecule has 1 aromatic rings. The maximum absolute atomic E-state index is 11.5. The predicted molar refractivity (Wildman–Crippen MR) is 76.6 cm³/mol. The van der Waals surface area contributed by atoms with Crippen LogP contribution in [0.3, 0.4) is 0 Å². The van der Waals surface area contributed by atoms with Crippen LogP contribution in [0.25, 0.3) is 0 Å². The van der Waals surface area contributed by atoms with Gasteiger partial charge in [0, 0.05) is 19.3 Å². The summed E-state index contributed by atoms with van der Waals surface area (Å²) in [4.78, 5) is 6.55. The first-order valence-corrected chi connectivity index (χ1v) is 9.31. The summed E-state index contributed by atoms with van der Waals surface area (Å²) < 4.78 is 23.4. The third kappa shape index (κ3) is 2.64. The second-order valence-electron chi connectivity index (χ2n) is 5.66. The van der Waals surface area contributed by atoms with Crippen LogP contribution < -0.4 is 10.2 Å². The maximum atomic E-state index is 11.5. The summed E-state index contributed by atoms with van der Waals surface area (Å²) in [5.41, 5.74) is 0.419. The van der Waals surface area contributed by atoms with Crippen molar-refractivity contribution in [3.05, 3.63) is 6.20 Å². The number of hydrogen-bond donors (Lipinski definition) is 1. The molecular formula is C12H19N3O2S2. The number of hydrogen-bond acceptors (Lipinski definition) is 6. The zero-order chi connectivity index (χ0) is 13.5. The van der Waals surface area contributed by atoms with E-state index in [0.717, 1.165) is 31.3 Å². The smallest absolute Gasteiger partial charge is 0.186 e. The van der Waals surface area contributed by atoms with Crippen LogP contribution in [0.4, 0.5) is 5.13 Å². The summed E-state index contributed by atoms with van der Waals surface area (Å²) >= 11 is 1.30. The van der Waals surface area contributed by atoms with Gasteiger partial charge < -0.3 is 10.2 Å². The fourth-order valence-corrected chi connectivity index (χ4v) is 4.78. The molecule has 0 bridgehead atoms. The highest BCUT2D eigenvalue weighted by atomic mass is 32.2. The lowest BCUT2D eigenvalue weighted by molar-refractivity contribution is 0.232. The zero-order valence-electron chi connectivity index (χ0n) is 11.1. The Labute approximate surface area is 117 Å². The molecule has 0 unspecified atom stereocenters. The van der Waals surface area contributed by atoms with E-state index in [1.54, 1.807) is 0 Å². The van der Waals surface area contributed by atoms with Gasteiger partial charge in [0.1, 0.15) is 4.21 Å². The van der Waals surface area contributed by atoms with Crippen LogP contribution in [-0.4, -0.2) is 45.8 Å². The number of anilines is 1. The number of thiazole rings is 1. The van der Waals surface area contributed by atoms with Crippen molar-refractivity contribution in [1.82, 2.24) is 10.3 Å². The largest absolute Gasteiger partial charge is 0.347 e. The van der Waals surface area contributed by atoms with E-state index in [2.05, 4.69) is 15.2 Å². The third-order valence-electron chi connectivity index (χ3n) is 4.21. The van der Waals surface area contributed by atoms with Crippen LogP contribution in [0.1, 0.15) is 19.3 Å². The number of nitrogens with zero attached hydrogens (tertiary/aromatic N) is 2. The highest BCUT2D eigenvalue weighted by Crippen LogP contribution is 2.41. The van der Waals surface area contributed by atoms with Gasteiger partial charge in [0.05, 0.1) is 6.20 Å². The van der Waals surface area contributed by atoms with Gasteiger partial charge in [-0.15, -0.1) is 0 Å². The fourth-order valence-electron chi connectivity index (χ4n) is 3.03. The van der Waals surface area contributed by atoms with Gasteiger partial charge in [-0.3, -0.25) is 0 Å². The van der Waals surface area contributed by atoms with Crippen molar-refractivity contribution in [3.8, 4) is 0 Å². The quantitative estimate of drug-likeness (QED) is 0.887. The van der Waals surface area contributed by atoms with Crippen molar-refractivity contribution >= 4 is 26.3 Å². The Balaban J connectivity index is 1.76. The monoisotopic (exact) mass is 301 g/mol. The Kier molecular flexibility index (Phi) is 3.31. The Bertz CT molecular complexity index is 561. The topological polar surface area (TPSA) is 62.3 Å². The number of sulfone groups is 1. The highest BCUT2D eigenvalue weighted by molar-refractivity contribution is 7.92. The van der Waals surface area contributed by atoms with Crippen LogP contribution >= 0.6 is 11.3 Å². The van der Waals surface area contributed by atoms with Gasteiger partial charge in [-0.05, 0) is 37.8 Å². The molecule has 2 aliphatic heterocycles. The van der Waals surface area contributed by atoms with Gasteiger partial charge in [-0.25, -0.2) is 13.4 Å². The Morgan fingerprint density at radius 3 is 2.74 bits per heavy atom. The van der Waals surface area contributed by atoms with Crippen LogP contribution in [0.2, 0.25) is 0 Å². The van der Waals surface area contributed by atoms with Gasteiger partial charge in [-0.1, -0.05) is 11.3 Å². The summed E-state index contributed by atoms with van der Waals surface area (Å²) in [7, 11) is -3.13. The van der Waals surface area contributed by atoms with Crippen LogP contribution in [-0.2, 0) is 9.84 Å². The normalized spacial score (nSPS) is 23.1. The van der Waals surface area contributed by atoms with Crippen molar-refractivity contribution in [3.63, 3.8) is 0 Å². The summed E-state index contributed by atoms with van der Waals surface area (Å²) in [6.07, 6.45) is 6.36. The van der Waals surface area contributed by atoms with E-state index < -0.39 is 9.84 Å². The average Bonchev–Trinajstić information content (AvgIpc) is 2.96. The minimum atomic E-state index is -3.13. The van der Waals surface area contributed by atoms with Crippen LogP contribution in [0, 0.1) is 5.41 Å². The summed E-state index contributed by atoms with van der Waals surface area (Å²) in [5, 5.41) is 4.26. The lowest BCUT2D eigenvalue weighted by Gasteiger charge is -2.33. The van der Waals surface area contributed by atoms with Crippen molar-refractivity contribution in [2.24, 2.45) is 5.41 Å². The lowest BCUT2D eigenvalue weighted by atomic mass is 9.78. The van der Waals surface area contributed by atoms with Crippen molar-refractivity contribution in [2.75, 3.05) is 37.3 Å². The molecule has 2 aliphatic rings. The molecule has 0 radical (unpaired) electrons. The second kappa shape index (κ2) is 4.71. The van der Waals surface area contributed by atoms with E-state index in [4.69, 9.17) is 0 Å². The number of rotatable bonds is 2. The van der Waals surface area contributed by atoms with E-state index in [-0.39, 0.29) is 0 Å². The molecule has 3 rings (SSSR count). The third-order valence-corrected chi connectivity index (χ3v) is 7.06. The Morgan fingerprint density at radius 1 is 1.37 bits per heavy atom. The molecule has 1 aromatic heterocycles. The highest BCUT2D eigenvalue weighted by Gasteiger charge is 2.39. The SMILES string of the molecule is CS(=O)(=O)c1cnc(N2CCC3(CCNCC3)C2)s1. The predicted octanol–water partition coefficient (Wildman–Crippen LogP) is 1.13. The minimum absolute atomic E-state index is 0.369. The molecule has 5 nitrogen and oxygen atoms in total. The van der Waals surface area contributed by atoms with Gasteiger partial charge in [0.2, 0.25) is 0 Å². The van der Waals surface area contributed by atoms with Crippen molar-refractivity contribution in [2.45, 2.75) is 23.5 Å². The molecule has 2 saturated heterocycles. The average molecular weight is 301 g/mol. The van der Waals surface area contributed by atoms with E-state index >= 15 is 0 Å².